The molecule has 31 heavy (non-hydrogen) atoms. The van der Waals surface area contributed by atoms with Crippen LogP contribution in [0.4, 0.5) is 9.18 Å². The molecule has 0 radical (unpaired) electrons. The number of aromatic nitrogens is 1. The summed E-state index contributed by atoms with van der Waals surface area (Å²) in [7, 11) is 0. The van der Waals surface area contributed by atoms with Crippen LogP contribution in [0.3, 0.4) is 0 Å². The van der Waals surface area contributed by atoms with Crippen LogP contribution < -0.4 is 5.32 Å². The lowest BCUT2D eigenvalue weighted by Crippen LogP contribution is -2.42. The van der Waals surface area contributed by atoms with Crippen molar-refractivity contribution >= 4 is 29.5 Å². The van der Waals surface area contributed by atoms with Crippen LogP contribution in [-0.2, 0) is 4.79 Å². The molecule has 1 saturated heterocycles. The van der Waals surface area contributed by atoms with Crippen molar-refractivity contribution in [2.24, 2.45) is 5.10 Å². The number of rotatable bonds is 5. The van der Waals surface area contributed by atoms with E-state index in [-0.39, 0.29) is 5.78 Å². The highest BCUT2D eigenvalue weighted by Gasteiger charge is 2.46. The van der Waals surface area contributed by atoms with Crippen molar-refractivity contribution in [3.8, 4) is 0 Å². The molecule has 2 aromatic heterocycles. The van der Waals surface area contributed by atoms with Crippen molar-refractivity contribution in [1.29, 1.82) is 0 Å². The fourth-order valence-corrected chi connectivity index (χ4v) is 3.67. The molecule has 0 saturated carbocycles. The molecule has 0 bridgehead atoms. The zero-order valence-corrected chi connectivity index (χ0v) is 17.3. The summed E-state index contributed by atoms with van der Waals surface area (Å²) in [6, 6.07) is 10.2. The number of carbonyl (C=O) groups is 3. The van der Waals surface area contributed by atoms with E-state index in [9.17, 15) is 18.8 Å². The van der Waals surface area contributed by atoms with Gasteiger partial charge in [0.15, 0.2) is 0 Å². The second-order valence-electron chi connectivity index (χ2n) is 7.66. The Hall–Kier alpha value is -3.81. The summed E-state index contributed by atoms with van der Waals surface area (Å²) >= 11 is 0. The van der Waals surface area contributed by atoms with Crippen LogP contribution in [0.5, 0.6) is 0 Å². The maximum Gasteiger partial charge on any atom is 0.346 e. The number of nitrogens with one attached hydrogen (secondary N) is 1. The van der Waals surface area contributed by atoms with Gasteiger partial charge in [-0.3, -0.25) is 9.59 Å². The molecule has 1 aliphatic heterocycles. The Kier molecular flexibility index (Phi) is 4.93. The van der Waals surface area contributed by atoms with E-state index in [0.717, 1.165) is 5.01 Å². The minimum Gasteiger partial charge on any atom is -0.322 e. The molecule has 7 nitrogen and oxygen atoms in total. The highest BCUT2D eigenvalue weighted by molar-refractivity contribution is 6.12. The highest BCUT2D eigenvalue weighted by Crippen LogP contribution is 2.26. The van der Waals surface area contributed by atoms with E-state index in [2.05, 4.69) is 10.4 Å². The number of hydrogen-bond acceptors (Lipinski definition) is 4. The summed E-state index contributed by atoms with van der Waals surface area (Å²) in [5, 5.41) is 7.61. The lowest BCUT2D eigenvalue weighted by Gasteiger charge is -2.17. The average molecular weight is 420 g/mol. The minimum absolute atomic E-state index is 0.271. The summed E-state index contributed by atoms with van der Waals surface area (Å²) < 4.78 is 15.0. The van der Waals surface area contributed by atoms with Gasteiger partial charge in [-0.25, -0.2) is 9.18 Å². The average Bonchev–Trinajstić information content (AvgIpc) is 3.16. The standard InChI is InChI=1S/C23H21FN4O3/c1-4-23(3)21(30)28(22(31)26-23)25-13-17-14(2)19(27-12-6-5-7-18(17)27)20(29)15-8-10-16(24)11-9-15/h5-13H,4H2,1-3H3,(H,26,31)/b25-13-/t23-/m0/s1. The number of nitrogens with zero attached hydrogens (tertiary/aromatic N) is 3. The van der Waals surface area contributed by atoms with Crippen LogP contribution in [0, 0.1) is 12.7 Å². The van der Waals surface area contributed by atoms with Gasteiger partial charge in [0.25, 0.3) is 5.91 Å². The third kappa shape index (κ3) is 3.30. The smallest absolute Gasteiger partial charge is 0.322 e. The molecule has 1 atom stereocenters. The van der Waals surface area contributed by atoms with Gasteiger partial charge in [0.05, 0.1) is 17.4 Å². The number of carbonyl (C=O) groups excluding carboxylic acids is 3. The molecule has 1 N–H and O–H groups in total. The predicted molar refractivity (Wildman–Crippen MR) is 114 cm³/mol. The molecule has 3 heterocycles. The summed E-state index contributed by atoms with van der Waals surface area (Å²) in [5.41, 5.74) is 1.70. The van der Waals surface area contributed by atoms with E-state index in [4.69, 9.17) is 0 Å². The van der Waals surface area contributed by atoms with E-state index >= 15 is 0 Å². The fraction of sp³-hybridized carbons (Fsp3) is 0.217. The monoisotopic (exact) mass is 420 g/mol. The van der Waals surface area contributed by atoms with Crippen LogP contribution >= 0.6 is 0 Å². The molecule has 1 aliphatic rings. The van der Waals surface area contributed by atoms with E-state index in [1.807, 2.05) is 19.1 Å². The Morgan fingerprint density at radius 1 is 1.19 bits per heavy atom. The number of halogens is 1. The minimum atomic E-state index is -0.990. The zero-order valence-electron chi connectivity index (χ0n) is 17.3. The second-order valence-corrected chi connectivity index (χ2v) is 7.66. The van der Waals surface area contributed by atoms with Crippen molar-refractivity contribution in [3.05, 3.63) is 76.9 Å². The summed E-state index contributed by atoms with van der Waals surface area (Å²) in [6.07, 6.45) is 3.61. The summed E-state index contributed by atoms with van der Waals surface area (Å²) in [5.74, 6) is -1.12. The van der Waals surface area contributed by atoms with Gasteiger partial charge in [-0.05, 0) is 62.2 Å². The molecule has 3 amide bonds. The maximum atomic E-state index is 13.3. The Labute approximate surface area is 178 Å². The SMILES string of the molecule is CC[C@]1(C)NC(=O)N(/N=C\c2c(C)c(C(=O)c3ccc(F)cc3)n3ccccc23)C1=O. The third-order valence-electron chi connectivity index (χ3n) is 5.71. The lowest BCUT2D eigenvalue weighted by molar-refractivity contribution is -0.130. The van der Waals surface area contributed by atoms with Crippen LogP contribution in [0.25, 0.3) is 5.52 Å². The number of ketones is 1. The van der Waals surface area contributed by atoms with Crippen LogP contribution in [0.2, 0.25) is 0 Å². The highest BCUT2D eigenvalue weighted by atomic mass is 19.1. The molecule has 3 aromatic rings. The summed E-state index contributed by atoms with van der Waals surface area (Å²) in [4.78, 5) is 38.0. The van der Waals surface area contributed by atoms with Gasteiger partial charge < -0.3 is 9.72 Å². The number of fused-ring (bicyclic) bond motifs is 1. The van der Waals surface area contributed by atoms with E-state index in [1.54, 1.807) is 30.5 Å². The third-order valence-corrected chi connectivity index (χ3v) is 5.71. The van der Waals surface area contributed by atoms with Gasteiger partial charge >= 0.3 is 6.03 Å². The van der Waals surface area contributed by atoms with Crippen molar-refractivity contribution in [2.45, 2.75) is 32.7 Å². The molecule has 0 spiro atoms. The first kappa shape index (κ1) is 20.5. The van der Waals surface area contributed by atoms with E-state index < -0.39 is 23.3 Å². The largest absolute Gasteiger partial charge is 0.346 e. The van der Waals surface area contributed by atoms with Gasteiger partial charge in [-0.15, -0.1) is 5.01 Å². The molecule has 4 rings (SSSR count). The Morgan fingerprint density at radius 3 is 2.55 bits per heavy atom. The quantitative estimate of drug-likeness (QED) is 0.388. The Bertz CT molecular complexity index is 1250. The summed E-state index contributed by atoms with van der Waals surface area (Å²) in [6.45, 7) is 5.23. The van der Waals surface area contributed by atoms with Gasteiger partial charge in [0.2, 0.25) is 5.78 Å². The molecule has 0 aliphatic carbocycles. The number of hydrazone groups is 1. The van der Waals surface area contributed by atoms with Gasteiger partial charge in [-0.1, -0.05) is 13.0 Å². The van der Waals surface area contributed by atoms with Crippen molar-refractivity contribution < 1.29 is 18.8 Å². The van der Waals surface area contributed by atoms with Gasteiger partial charge in [0.1, 0.15) is 11.4 Å². The van der Waals surface area contributed by atoms with Crippen LogP contribution in [-0.4, -0.2) is 38.9 Å². The Balaban J connectivity index is 1.78. The number of benzene rings is 1. The Morgan fingerprint density at radius 2 is 1.90 bits per heavy atom. The van der Waals surface area contributed by atoms with Crippen LogP contribution in [0.1, 0.15) is 47.4 Å². The molecular weight excluding hydrogens is 399 g/mol. The van der Waals surface area contributed by atoms with Crippen molar-refractivity contribution in [3.63, 3.8) is 0 Å². The number of hydrogen-bond donors (Lipinski definition) is 1. The number of urea groups is 1. The van der Waals surface area contributed by atoms with Gasteiger partial charge in [-0.2, -0.15) is 5.10 Å². The first-order valence-corrected chi connectivity index (χ1v) is 9.87. The molecule has 0 unspecified atom stereocenters. The number of amides is 3. The normalized spacial score (nSPS) is 18.9. The fourth-order valence-electron chi connectivity index (χ4n) is 3.67. The number of pyridine rings is 1. The lowest BCUT2D eigenvalue weighted by atomic mass is 10.00. The molecule has 8 heteroatoms. The molecule has 1 aromatic carbocycles. The maximum absolute atomic E-state index is 13.3. The van der Waals surface area contributed by atoms with Crippen molar-refractivity contribution in [2.75, 3.05) is 0 Å². The first-order valence-electron chi connectivity index (χ1n) is 9.87. The topological polar surface area (TPSA) is 83.2 Å². The molecule has 158 valence electrons. The predicted octanol–water partition coefficient (Wildman–Crippen LogP) is 3.67. The van der Waals surface area contributed by atoms with Crippen LogP contribution in [0.15, 0.2) is 53.8 Å². The molecule has 1 fully saturated rings. The van der Waals surface area contributed by atoms with E-state index in [1.165, 1.54) is 30.5 Å². The second kappa shape index (κ2) is 7.46. The number of imide groups is 1. The van der Waals surface area contributed by atoms with Gasteiger partial charge in [0, 0.05) is 17.3 Å². The molecular formula is C23H21FN4O3. The zero-order chi connectivity index (χ0) is 22.3. The first-order chi connectivity index (χ1) is 14.8. The van der Waals surface area contributed by atoms with E-state index in [0.29, 0.717) is 34.3 Å². The van der Waals surface area contributed by atoms with Crippen molar-refractivity contribution in [1.82, 2.24) is 14.7 Å².